The van der Waals surface area contributed by atoms with Crippen LogP contribution in [0, 0.1) is 148 Å². The first-order chi connectivity index (χ1) is 24.9. The Hall–Kier alpha value is -8.90. The van der Waals surface area contributed by atoms with E-state index in [-0.39, 0.29) is 12.1 Å². The highest BCUT2D eigenvalue weighted by atomic mass is 19.2. The van der Waals surface area contributed by atoms with E-state index >= 15 is 8.78 Å². The van der Waals surface area contributed by atoms with Gasteiger partial charge in [-0.2, -0.15) is 52.6 Å². The van der Waals surface area contributed by atoms with Gasteiger partial charge in [-0.25, -0.2) is 26.3 Å². The number of nitrogens with zero attached hydrogens (tertiary/aromatic N) is 10. The molecule has 2 aliphatic carbocycles. The van der Waals surface area contributed by atoms with Crippen molar-refractivity contribution < 1.29 is 26.3 Å². The van der Waals surface area contributed by atoms with E-state index in [1.165, 1.54) is 24.3 Å². The van der Waals surface area contributed by atoms with E-state index in [1.54, 1.807) is 24.3 Å². The fraction of sp³-hybridized carbons (Fsp3) is 0. The summed E-state index contributed by atoms with van der Waals surface area (Å²) in [5.74, 6) is -11.4. The number of hydrogen-bond acceptors (Lipinski definition) is 10. The van der Waals surface area contributed by atoms with Crippen LogP contribution in [0.15, 0.2) is 23.3 Å². The van der Waals surface area contributed by atoms with Crippen molar-refractivity contribution >= 4 is 33.4 Å². The molecule has 0 N–H and O–H groups in total. The fourth-order valence-electron chi connectivity index (χ4n) is 6.02. The molecule has 10 nitrogen and oxygen atoms in total. The predicted molar refractivity (Wildman–Crippen MR) is 159 cm³/mol. The summed E-state index contributed by atoms with van der Waals surface area (Å²) in [6.07, 6.45) is 0. The second kappa shape index (κ2) is 12.6. The minimum absolute atomic E-state index is 0.248. The fourth-order valence-corrected chi connectivity index (χ4v) is 6.02. The van der Waals surface area contributed by atoms with E-state index in [9.17, 15) is 59.7 Å². The summed E-state index contributed by atoms with van der Waals surface area (Å²) >= 11 is 0. The van der Waals surface area contributed by atoms with Gasteiger partial charge in [0.05, 0.1) is 22.3 Å². The van der Waals surface area contributed by atoms with Gasteiger partial charge < -0.3 is 0 Å². The molecule has 0 saturated carbocycles. The van der Waals surface area contributed by atoms with Crippen LogP contribution in [0.5, 0.6) is 0 Å². The summed E-state index contributed by atoms with van der Waals surface area (Å²) in [6.45, 7) is 0. The number of hydrogen-bond donors (Lipinski definition) is 0. The molecule has 0 aromatic heterocycles. The summed E-state index contributed by atoms with van der Waals surface area (Å²) in [6, 6.07) is 14.8. The molecule has 0 amide bonds. The molecule has 52 heavy (non-hydrogen) atoms. The van der Waals surface area contributed by atoms with Gasteiger partial charge in [0.25, 0.3) is 0 Å². The van der Waals surface area contributed by atoms with E-state index in [0.717, 1.165) is 12.1 Å². The highest BCUT2D eigenvalue weighted by Gasteiger charge is 2.45. The number of nitriles is 10. The standard InChI is InChI=1S/C36H2F6N10/c37-23-1-15(33(39)35(41)17(23)7-47)27-19(9-49)29-21(11-51)32-26(14(5-45)6-46)28(16-2-24(38)18(8-48)36(42)34(16)40)20(10-50)30(32)22(12-52)31(29)25(27)13(3-43)4-44/h1-2H. The number of benzene rings is 3. The van der Waals surface area contributed by atoms with Gasteiger partial charge >= 0.3 is 0 Å². The lowest BCUT2D eigenvalue weighted by molar-refractivity contribution is 0.489. The minimum Gasteiger partial charge on any atom is -0.205 e. The number of rotatable bonds is 2. The van der Waals surface area contributed by atoms with Crippen molar-refractivity contribution in [3.8, 4) is 60.7 Å². The minimum atomic E-state index is -2.06. The SMILES string of the molecule is N#CC(C#N)=C1C(c2cc(F)c(C#N)c(F)c2F)=C(C#N)c2c(C#N)c3c(c(C#N)c21)C(C#N)=C(c1cc(F)c(C#N)c(F)c1F)C3=C(C#N)C#N. The van der Waals surface area contributed by atoms with Gasteiger partial charge in [0.2, 0.25) is 0 Å². The zero-order valence-electron chi connectivity index (χ0n) is 24.9. The average Bonchev–Trinajstić information content (AvgIpc) is 3.65. The van der Waals surface area contributed by atoms with Crippen LogP contribution in [0.1, 0.15) is 55.6 Å². The van der Waals surface area contributed by atoms with E-state index in [1.807, 2.05) is 0 Å². The molecule has 0 bridgehead atoms. The van der Waals surface area contributed by atoms with Gasteiger partial charge in [-0.15, -0.1) is 0 Å². The molecule has 0 fully saturated rings. The van der Waals surface area contributed by atoms with Crippen molar-refractivity contribution in [2.24, 2.45) is 0 Å². The molecule has 0 unspecified atom stereocenters. The molecule has 3 aromatic rings. The van der Waals surface area contributed by atoms with Crippen molar-refractivity contribution in [3.63, 3.8) is 0 Å². The second-order valence-electron chi connectivity index (χ2n) is 10.2. The first-order valence-electron chi connectivity index (χ1n) is 13.5. The van der Waals surface area contributed by atoms with Crippen molar-refractivity contribution in [1.29, 1.82) is 52.6 Å². The van der Waals surface area contributed by atoms with Gasteiger partial charge in [-0.1, -0.05) is 0 Å². The van der Waals surface area contributed by atoms with Crippen molar-refractivity contribution in [3.05, 3.63) is 114 Å². The lowest BCUT2D eigenvalue weighted by Crippen LogP contribution is -2.05. The van der Waals surface area contributed by atoms with Crippen LogP contribution in [0.2, 0.25) is 0 Å². The molecule has 0 saturated heterocycles. The molecule has 3 aromatic carbocycles. The van der Waals surface area contributed by atoms with Crippen LogP contribution in [-0.4, -0.2) is 0 Å². The third kappa shape index (κ3) is 4.36. The van der Waals surface area contributed by atoms with Crippen LogP contribution >= 0.6 is 0 Å². The Bertz CT molecular complexity index is 2680. The zero-order chi connectivity index (χ0) is 38.3. The summed E-state index contributed by atoms with van der Waals surface area (Å²) in [4.78, 5) is 0. The lowest BCUT2D eigenvalue weighted by Gasteiger charge is -2.16. The highest BCUT2D eigenvalue weighted by Crippen LogP contribution is 2.58. The summed E-state index contributed by atoms with van der Waals surface area (Å²) in [7, 11) is 0. The van der Waals surface area contributed by atoms with Crippen LogP contribution < -0.4 is 0 Å². The molecule has 0 heterocycles. The van der Waals surface area contributed by atoms with Crippen molar-refractivity contribution in [1.82, 2.24) is 0 Å². The Morgan fingerprint density at radius 1 is 0.385 bits per heavy atom. The molecular formula is C36H2F6N10. The van der Waals surface area contributed by atoms with Crippen LogP contribution in [0.25, 0.3) is 33.4 Å². The van der Waals surface area contributed by atoms with Gasteiger partial charge in [0.15, 0.2) is 23.3 Å². The summed E-state index contributed by atoms with van der Waals surface area (Å²) in [5.41, 5.74) is -17.4. The largest absolute Gasteiger partial charge is 0.205 e. The average molecular weight is 688 g/mol. The Morgan fingerprint density at radius 2 is 0.692 bits per heavy atom. The topological polar surface area (TPSA) is 238 Å². The Balaban J connectivity index is 2.15. The smallest absolute Gasteiger partial charge is 0.180 e. The Kier molecular flexibility index (Phi) is 8.35. The van der Waals surface area contributed by atoms with Gasteiger partial charge in [-0.05, 0) is 12.1 Å². The number of halogens is 6. The van der Waals surface area contributed by atoms with Gasteiger partial charge in [0.1, 0.15) is 94.6 Å². The van der Waals surface area contributed by atoms with Crippen LogP contribution in [0.3, 0.4) is 0 Å². The second-order valence-corrected chi connectivity index (χ2v) is 10.2. The highest BCUT2D eigenvalue weighted by molar-refractivity contribution is 6.32. The maximum Gasteiger partial charge on any atom is 0.180 e. The maximum atomic E-state index is 15.6. The molecule has 0 aliphatic heterocycles. The van der Waals surface area contributed by atoms with Gasteiger partial charge in [-0.3, -0.25) is 0 Å². The number of allylic oxidation sites excluding steroid dienone is 8. The predicted octanol–water partition coefficient (Wildman–Crippen LogP) is 6.51. The monoisotopic (exact) mass is 688 g/mol. The first kappa shape index (κ1) is 34.4. The van der Waals surface area contributed by atoms with E-state index in [4.69, 9.17) is 10.5 Å². The summed E-state index contributed by atoms with van der Waals surface area (Å²) < 4.78 is 91.1. The summed E-state index contributed by atoms with van der Waals surface area (Å²) in [5, 5.41) is 99.9. The first-order valence-corrected chi connectivity index (χ1v) is 13.5. The van der Waals surface area contributed by atoms with Crippen LogP contribution in [0.4, 0.5) is 26.3 Å². The molecule has 238 valence electrons. The molecular weight excluding hydrogens is 686 g/mol. The van der Waals surface area contributed by atoms with Gasteiger partial charge in [0, 0.05) is 55.7 Å². The van der Waals surface area contributed by atoms with E-state index < -0.39 is 135 Å². The zero-order valence-corrected chi connectivity index (χ0v) is 24.9. The third-order valence-corrected chi connectivity index (χ3v) is 7.97. The molecule has 16 heteroatoms. The maximum absolute atomic E-state index is 15.6. The third-order valence-electron chi connectivity index (χ3n) is 7.97. The molecule has 5 rings (SSSR count). The molecule has 0 radical (unpaired) electrons. The van der Waals surface area contributed by atoms with E-state index in [0.29, 0.717) is 0 Å². The molecule has 0 spiro atoms. The Labute approximate surface area is 286 Å². The lowest BCUT2D eigenvalue weighted by atomic mass is 9.82. The van der Waals surface area contributed by atoms with Crippen molar-refractivity contribution in [2.75, 3.05) is 0 Å². The normalized spacial score (nSPS) is 12.0. The number of fused-ring (bicyclic) bond motifs is 2. The quantitative estimate of drug-likeness (QED) is 0.161. The molecule has 0 atom stereocenters. The van der Waals surface area contributed by atoms with Crippen molar-refractivity contribution in [2.45, 2.75) is 0 Å². The Morgan fingerprint density at radius 3 is 0.942 bits per heavy atom. The van der Waals surface area contributed by atoms with E-state index in [2.05, 4.69) is 0 Å². The van der Waals surface area contributed by atoms with Crippen LogP contribution in [-0.2, 0) is 0 Å². The molecule has 2 aliphatic rings.